The van der Waals surface area contributed by atoms with Crippen molar-refractivity contribution in [1.29, 1.82) is 0 Å². The quantitative estimate of drug-likeness (QED) is 0.716. The maximum absolute atomic E-state index is 6.63. The van der Waals surface area contributed by atoms with Crippen LogP contribution in [-0.4, -0.2) is 35.7 Å². The lowest BCUT2D eigenvalue weighted by molar-refractivity contribution is -0.169. The highest BCUT2D eigenvalue weighted by molar-refractivity contribution is 5.39. The van der Waals surface area contributed by atoms with Gasteiger partial charge < -0.3 is 9.47 Å². The van der Waals surface area contributed by atoms with Gasteiger partial charge in [0.15, 0.2) is 0 Å². The van der Waals surface area contributed by atoms with Crippen molar-refractivity contribution >= 4 is 0 Å². The van der Waals surface area contributed by atoms with E-state index in [4.69, 9.17) is 9.47 Å². The van der Waals surface area contributed by atoms with E-state index in [1.165, 1.54) is 31.5 Å². The molecule has 0 aliphatic carbocycles. The predicted octanol–water partition coefficient (Wildman–Crippen LogP) is 4.18. The van der Waals surface area contributed by atoms with Crippen LogP contribution in [0, 0.1) is 17.8 Å². The highest BCUT2D eigenvalue weighted by atomic mass is 16.5. The summed E-state index contributed by atoms with van der Waals surface area (Å²) in [5, 5.41) is 0. The second-order valence-corrected chi connectivity index (χ2v) is 8.44. The van der Waals surface area contributed by atoms with Crippen LogP contribution in [0.15, 0.2) is 24.3 Å². The summed E-state index contributed by atoms with van der Waals surface area (Å²) >= 11 is 0. The average Bonchev–Trinajstić information content (AvgIpc) is 3.07. The molecule has 3 aliphatic rings. The van der Waals surface area contributed by atoms with Crippen LogP contribution in [0.25, 0.3) is 0 Å². The van der Waals surface area contributed by atoms with E-state index in [1.807, 2.05) is 6.07 Å². The number of benzene rings is 1. The third-order valence-corrected chi connectivity index (χ3v) is 6.03. The third-order valence-electron chi connectivity index (χ3n) is 6.03. The molecule has 3 aliphatic heterocycles. The maximum atomic E-state index is 6.63. The predicted molar refractivity (Wildman–Crippen MR) is 99.6 cm³/mol. The van der Waals surface area contributed by atoms with Gasteiger partial charge in [0.2, 0.25) is 0 Å². The fourth-order valence-corrected chi connectivity index (χ4v) is 4.53. The fraction of sp³-hybridized carbons (Fsp3) is 0.636. The third kappa shape index (κ3) is 3.30. The smallest absolute Gasteiger partial charge is 0.126 e. The molecule has 0 amide bonds. The molecule has 3 heterocycles. The molecule has 0 aromatic heterocycles. The van der Waals surface area contributed by atoms with Crippen LogP contribution >= 0.6 is 0 Å². The molecule has 134 valence electrons. The van der Waals surface area contributed by atoms with Gasteiger partial charge in [-0.25, -0.2) is 0 Å². The van der Waals surface area contributed by atoms with Crippen LogP contribution in [0.1, 0.15) is 58.1 Å². The van der Waals surface area contributed by atoms with Crippen LogP contribution in [0.4, 0.5) is 0 Å². The van der Waals surface area contributed by atoms with Gasteiger partial charge in [0, 0.05) is 11.5 Å². The molecule has 3 nitrogen and oxygen atoms in total. The molecule has 0 bridgehead atoms. The van der Waals surface area contributed by atoms with E-state index >= 15 is 0 Å². The average molecular weight is 339 g/mol. The second kappa shape index (κ2) is 6.34. The number of hydrogen-bond donors (Lipinski definition) is 0. The summed E-state index contributed by atoms with van der Waals surface area (Å²) in [6.45, 7) is 9.78. The lowest BCUT2D eigenvalue weighted by Gasteiger charge is -2.50. The fourth-order valence-electron chi connectivity index (χ4n) is 4.53. The summed E-state index contributed by atoms with van der Waals surface area (Å²) in [6.07, 6.45) is 4.74. The summed E-state index contributed by atoms with van der Waals surface area (Å²) in [7, 11) is 0. The van der Waals surface area contributed by atoms with Gasteiger partial charge in [0.1, 0.15) is 17.0 Å². The van der Waals surface area contributed by atoms with Crippen molar-refractivity contribution in [2.45, 2.75) is 63.8 Å². The van der Waals surface area contributed by atoms with Crippen molar-refractivity contribution in [2.24, 2.45) is 5.92 Å². The highest BCUT2D eigenvalue weighted by Gasteiger charge is 2.49. The van der Waals surface area contributed by atoms with E-state index in [0.29, 0.717) is 5.92 Å². The number of hydrogen-bond acceptors (Lipinski definition) is 3. The van der Waals surface area contributed by atoms with E-state index in [0.717, 1.165) is 25.1 Å². The minimum Gasteiger partial charge on any atom is -0.487 e. The number of likely N-dealkylation sites (tertiary alicyclic amines) is 1. The van der Waals surface area contributed by atoms with Crippen molar-refractivity contribution in [3.8, 4) is 17.6 Å². The SMILES string of the molecule is CC1(C)Oc2ccccc2[C@H]2O[C@](C)(C#CCN3CCCC3)CC[C@@H]21. The van der Waals surface area contributed by atoms with Crippen molar-refractivity contribution < 1.29 is 9.47 Å². The molecule has 0 radical (unpaired) electrons. The van der Waals surface area contributed by atoms with Crippen molar-refractivity contribution in [1.82, 2.24) is 4.90 Å². The zero-order chi connectivity index (χ0) is 17.5. The first-order chi connectivity index (χ1) is 12.0. The maximum Gasteiger partial charge on any atom is 0.126 e. The molecular formula is C22H29NO2. The molecular weight excluding hydrogens is 310 g/mol. The Bertz CT molecular complexity index is 695. The van der Waals surface area contributed by atoms with E-state index in [-0.39, 0.29) is 17.3 Å². The van der Waals surface area contributed by atoms with Gasteiger partial charge in [-0.3, -0.25) is 4.90 Å². The summed E-state index contributed by atoms with van der Waals surface area (Å²) in [5.74, 6) is 8.19. The molecule has 0 saturated carbocycles. The van der Waals surface area contributed by atoms with Crippen LogP contribution in [0.3, 0.4) is 0 Å². The molecule has 1 aromatic carbocycles. The van der Waals surface area contributed by atoms with Crippen LogP contribution in [0.2, 0.25) is 0 Å². The first kappa shape index (κ1) is 16.9. The van der Waals surface area contributed by atoms with E-state index in [1.54, 1.807) is 0 Å². The Kier molecular flexibility index (Phi) is 4.30. The minimum atomic E-state index is -0.360. The molecule has 2 fully saturated rings. The van der Waals surface area contributed by atoms with Gasteiger partial charge in [-0.05, 0) is 65.6 Å². The number of nitrogens with zero attached hydrogens (tertiary/aromatic N) is 1. The standard InChI is InChI=1S/C22H29NO2/c1-21(2)18-11-13-22(3,12-8-16-23-14-6-7-15-23)25-20(18)17-9-4-5-10-19(17)24-21/h4-5,9-10,18,20H,6-7,11,13-16H2,1-3H3/t18-,20+,22+/m0/s1. The molecule has 0 N–H and O–H groups in total. The Labute approximate surface area is 151 Å². The topological polar surface area (TPSA) is 21.7 Å². The molecule has 25 heavy (non-hydrogen) atoms. The van der Waals surface area contributed by atoms with Gasteiger partial charge >= 0.3 is 0 Å². The first-order valence-corrected chi connectivity index (χ1v) is 9.65. The molecule has 0 unspecified atom stereocenters. The van der Waals surface area contributed by atoms with Crippen LogP contribution < -0.4 is 4.74 Å². The summed E-state index contributed by atoms with van der Waals surface area (Å²) in [4.78, 5) is 2.44. The Hall–Kier alpha value is -1.50. The summed E-state index contributed by atoms with van der Waals surface area (Å²) < 4.78 is 12.9. The van der Waals surface area contributed by atoms with Crippen molar-refractivity contribution in [3.63, 3.8) is 0 Å². The van der Waals surface area contributed by atoms with Gasteiger partial charge in [-0.15, -0.1) is 0 Å². The number of fused-ring (bicyclic) bond motifs is 3. The van der Waals surface area contributed by atoms with Crippen molar-refractivity contribution in [3.05, 3.63) is 29.8 Å². The lowest BCUT2D eigenvalue weighted by Crippen LogP contribution is -2.50. The number of ether oxygens (including phenoxy) is 2. The van der Waals surface area contributed by atoms with E-state index in [2.05, 4.69) is 55.7 Å². The molecule has 1 aromatic rings. The van der Waals surface area contributed by atoms with Gasteiger partial charge in [-0.1, -0.05) is 30.0 Å². The minimum absolute atomic E-state index is 0.0692. The Morgan fingerprint density at radius 3 is 2.72 bits per heavy atom. The lowest BCUT2D eigenvalue weighted by atomic mass is 9.73. The molecule has 0 spiro atoms. The van der Waals surface area contributed by atoms with E-state index < -0.39 is 0 Å². The van der Waals surface area contributed by atoms with Gasteiger partial charge in [0.25, 0.3) is 0 Å². The Balaban J connectivity index is 1.55. The highest BCUT2D eigenvalue weighted by Crippen LogP contribution is 2.52. The normalized spacial score (nSPS) is 33.6. The van der Waals surface area contributed by atoms with Crippen LogP contribution in [-0.2, 0) is 4.74 Å². The molecule has 2 saturated heterocycles. The van der Waals surface area contributed by atoms with E-state index in [9.17, 15) is 0 Å². The Morgan fingerprint density at radius 2 is 1.92 bits per heavy atom. The van der Waals surface area contributed by atoms with Crippen LogP contribution in [0.5, 0.6) is 5.75 Å². The monoisotopic (exact) mass is 339 g/mol. The molecule has 3 heteroatoms. The summed E-state index contributed by atoms with van der Waals surface area (Å²) in [5.41, 5.74) is 0.615. The first-order valence-electron chi connectivity index (χ1n) is 9.65. The molecule has 4 rings (SSSR count). The number of rotatable bonds is 1. The second-order valence-electron chi connectivity index (χ2n) is 8.44. The van der Waals surface area contributed by atoms with Gasteiger partial charge in [0.05, 0.1) is 12.6 Å². The summed E-state index contributed by atoms with van der Waals surface area (Å²) in [6, 6.07) is 8.31. The molecule has 3 atom stereocenters. The Morgan fingerprint density at radius 1 is 1.16 bits per heavy atom. The zero-order valence-electron chi connectivity index (χ0n) is 15.7. The zero-order valence-corrected chi connectivity index (χ0v) is 15.7. The van der Waals surface area contributed by atoms with Crippen molar-refractivity contribution in [2.75, 3.05) is 19.6 Å². The largest absolute Gasteiger partial charge is 0.487 e. The number of para-hydroxylation sites is 1. The van der Waals surface area contributed by atoms with Gasteiger partial charge in [-0.2, -0.15) is 0 Å².